The number of thiazole rings is 1. The molecule has 1 N–H and O–H groups in total. The van der Waals surface area contributed by atoms with Gasteiger partial charge in [-0.1, -0.05) is 45.0 Å². The molecule has 1 aliphatic rings. The molecule has 6 nitrogen and oxygen atoms in total. The lowest BCUT2D eigenvalue weighted by molar-refractivity contribution is -0.117. The summed E-state index contributed by atoms with van der Waals surface area (Å²) in [6.07, 6.45) is 0.0133. The van der Waals surface area contributed by atoms with Crippen molar-refractivity contribution in [3.63, 3.8) is 0 Å². The highest BCUT2D eigenvalue weighted by Crippen LogP contribution is 2.43. The maximum absolute atomic E-state index is 13.8. The molecule has 1 unspecified atom stereocenters. The van der Waals surface area contributed by atoms with E-state index in [1.807, 2.05) is 45.0 Å². The first kappa shape index (κ1) is 25.6. The van der Waals surface area contributed by atoms with Crippen molar-refractivity contribution in [2.45, 2.75) is 66.0 Å². The first-order valence-corrected chi connectivity index (χ1v) is 12.8. The lowest BCUT2D eigenvalue weighted by atomic mass is 9.85. The lowest BCUT2D eigenvalue weighted by Crippen LogP contribution is -2.31. The van der Waals surface area contributed by atoms with Crippen LogP contribution in [-0.4, -0.2) is 27.9 Å². The molecule has 0 fully saturated rings. The number of hydrogen-bond donors (Lipinski definition) is 1. The van der Waals surface area contributed by atoms with Gasteiger partial charge in [-0.2, -0.15) is 0 Å². The molecule has 2 aromatic carbocycles. The number of anilines is 1. The summed E-state index contributed by atoms with van der Waals surface area (Å²) in [5.41, 5.74) is 3.04. The van der Waals surface area contributed by atoms with Crippen LogP contribution in [0.25, 0.3) is 0 Å². The Labute approximate surface area is 216 Å². The van der Waals surface area contributed by atoms with Crippen LogP contribution < -0.4 is 9.64 Å². The molecule has 3 aromatic rings. The number of nitrogens with zero attached hydrogens (tertiary/aromatic N) is 2. The van der Waals surface area contributed by atoms with Crippen LogP contribution in [0.1, 0.15) is 72.2 Å². The number of aliphatic hydroxyl groups is 1. The number of aromatic nitrogens is 1. The van der Waals surface area contributed by atoms with E-state index >= 15 is 0 Å². The molecule has 1 atom stereocenters. The molecule has 1 aromatic heterocycles. The number of ketones is 1. The number of amides is 1. The predicted octanol–water partition coefficient (Wildman–Crippen LogP) is 6.63. The van der Waals surface area contributed by atoms with E-state index in [1.54, 1.807) is 31.2 Å². The Bertz CT molecular complexity index is 1330. The maximum atomic E-state index is 13.8. The minimum atomic E-state index is -0.780. The van der Waals surface area contributed by atoms with Gasteiger partial charge in [0.2, 0.25) is 5.78 Å². The molecule has 7 heteroatoms. The average Bonchev–Trinajstić information content (AvgIpc) is 3.28. The number of rotatable bonds is 6. The van der Waals surface area contributed by atoms with Crippen molar-refractivity contribution in [2.24, 2.45) is 0 Å². The molecule has 0 spiro atoms. The Morgan fingerprint density at radius 2 is 1.67 bits per heavy atom. The Kier molecular flexibility index (Phi) is 6.80. The lowest BCUT2D eigenvalue weighted by Gasteiger charge is -2.28. The number of Topliss-reactive ketones (excluding diaryl/α,β-unsaturated/α-hetero) is 1. The van der Waals surface area contributed by atoms with Gasteiger partial charge in [0.05, 0.1) is 33.3 Å². The van der Waals surface area contributed by atoms with Gasteiger partial charge in [0.1, 0.15) is 5.75 Å². The molecule has 1 aliphatic heterocycles. The quantitative estimate of drug-likeness (QED) is 0.381. The highest BCUT2D eigenvalue weighted by molar-refractivity contribution is 7.14. The van der Waals surface area contributed by atoms with E-state index in [1.165, 1.54) is 16.2 Å². The number of hydrogen-bond acceptors (Lipinski definition) is 6. The van der Waals surface area contributed by atoms with Gasteiger partial charge in [-0.3, -0.25) is 14.5 Å². The van der Waals surface area contributed by atoms with Gasteiger partial charge < -0.3 is 9.84 Å². The summed E-state index contributed by atoms with van der Waals surface area (Å²) in [5.74, 6) is -0.843. The first-order chi connectivity index (χ1) is 16.9. The zero-order valence-electron chi connectivity index (χ0n) is 21.7. The summed E-state index contributed by atoms with van der Waals surface area (Å²) in [6, 6.07) is 14.2. The van der Waals surface area contributed by atoms with Gasteiger partial charge in [-0.15, -0.1) is 11.3 Å². The molecule has 0 saturated heterocycles. The molecular formula is C29H32N2O4S. The SMILES string of the molecule is Cc1nc(C)c(C(=O)C2=C(O)C(=O)N(c3ccc(OC(C)C)cc3)C2c2ccc(C(C)(C)C)cc2)s1. The van der Waals surface area contributed by atoms with Gasteiger partial charge >= 0.3 is 0 Å². The van der Waals surface area contributed by atoms with Crippen LogP contribution in [0.4, 0.5) is 5.69 Å². The van der Waals surface area contributed by atoms with E-state index in [0.717, 1.165) is 16.1 Å². The molecular weight excluding hydrogens is 472 g/mol. The predicted molar refractivity (Wildman–Crippen MR) is 143 cm³/mol. The third kappa shape index (κ3) is 4.80. The highest BCUT2D eigenvalue weighted by Gasteiger charge is 2.45. The van der Waals surface area contributed by atoms with Gasteiger partial charge in [0, 0.05) is 5.69 Å². The van der Waals surface area contributed by atoms with Crippen molar-refractivity contribution >= 4 is 28.7 Å². The van der Waals surface area contributed by atoms with Crippen LogP contribution in [0, 0.1) is 13.8 Å². The molecule has 2 heterocycles. The number of carbonyl (C=O) groups is 2. The number of aryl methyl sites for hydroxylation is 2. The third-order valence-corrected chi connectivity index (χ3v) is 7.21. The molecule has 36 heavy (non-hydrogen) atoms. The third-order valence-electron chi connectivity index (χ3n) is 6.14. The summed E-state index contributed by atoms with van der Waals surface area (Å²) < 4.78 is 5.75. The van der Waals surface area contributed by atoms with Crippen LogP contribution in [0.5, 0.6) is 5.75 Å². The second kappa shape index (κ2) is 9.54. The summed E-state index contributed by atoms with van der Waals surface area (Å²) in [4.78, 5) is 33.5. The van der Waals surface area contributed by atoms with E-state index in [2.05, 4.69) is 25.8 Å². The summed E-state index contributed by atoms with van der Waals surface area (Å²) >= 11 is 1.27. The molecule has 0 radical (unpaired) electrons. The van der Waals surface area contributed by atoms with Crippen molar-refractivity contribution in [2.75, 3.05) is 4.90 Å². The second-order valence-electron chi connectivity index (χ2n) is 10.3. The molecule has 0 saturated carbocycles. The smallest absolute Gasteiger partial charge is 0.294 e. The fourth-order valence-electron chi connectivity index (χ4n) is 4.41. The van der Waals surface area contributed by atoms with Gasteiger partial charge in [-0.25, -0.2) is 4.98 Å². The number of benzene rings is 2. The highest BCUT2D eigenvalue weighted by atomic mass is 32.1. The zero-order chi connectivity index (χ0) is 26.4. The van der Waals surface area contributed by atoms with Crippen molar-refractivity contribution in [1.29, 1.82) is 0 Å². The van der Waals surface area contributed by atoms with Crippen molar-refractivity contribution in [3.05, 3.63) is 86.6 Å². The monoisotopic (exact) mass is 504 g/mol. The number of carbonyl (C=O) groups excluding carboxylic acids is 2. The average molecular weight is 505 g/mol. The molecule has 4 rings (SSSR count). The van der Waals surface area contributed by atoms with Crippen LogP contribution in [0.15, 0.2) is 59.9 Å². The standard InChI is InChI=1S/C29H32N2O4S/c1-16(2)35-22-14-12-21(13-15-22)31-24(19-8-10-20(11-9-19)29(5,6)7)23(26(33)28(31)34)25(32)27-17(3)30-18(4)36-27/h8-16,24,33H,1-7H3. The molecule has 188 valence electrons. The van der Waals surface area contributed by atoms with Crippen LogP contribution in [0.3, 0.4) is 0 Å². The first-order valence-electron chi connectivity index (χ1n) is 12.0. The maximum Gasteiger partial charge on any atom is 0.294 e. The molecule has 1 amide bonds. The molecule has 0 aliphatic carbocycles. The van der Waals surface area contributed by atoms with E-state index in [9.17, 15) is 14.7 Å². The fraction of sp³-hybridized carbons (Fsp3) is 0.345. The number of aliphatic hydroxyl groups excluding tert-OH is 1. The van der Waals surface area contributed by atoms with Crippen LogP contribution in [0.2, 0.25) is 0 Å². The topological polar surface area (TPSA) is 79.7 Å². The van der Waals surface area contributed by atoms with Gasteiger partial charge in [0.15, 0.2) is 5.76 Å². The number of ether oxygens (including phenoxy) is 1. The van der Waals surface area contributed by atoms with Gasteiger partial charge in [-0.05, 0) is 68.5 Å². The van der Waals surface area contributed by atoms with E-state index in [4.69, 9.17) is 4.74 Å². The zero-order valence-corrected chi connectivity index (χ0v) is 22.6. The van der Waals surface area contributed by atoms with Crippen molar-refractivity contribution in [3.8, 4) is 5.75 Å². The largest absolute Gasteiger partial charge is 0.503 e. The Morgan fingerprint density at radius 3 is 2.17 bits per heavy atom. The van der Waals surface area contributed by atoms with E-state index in [-0.39, 0.29) is 22.9 Å². The van der Waals surface area contributed by atoms with E-state index < -0.39 is 17.7 Å². The molecule has 0 bridgehead atoms. The summed E-state index contributed by atoms with van der Waals surface area (Å²) in [7, 11) is 0. The van der Waals surface area contributed by atoms with Crippen LogP contribution in [-0.2, 0) is 10.2 Å². The van der Waals surface area contributed by atoms with Crippen molar-refractivity contribution < 1.29 is 19.4 Å². The Hall–Kier alpha value is -3.45. The normalized spacial score (nSPS) is 16.3. The Morgan fingerprint density at radius 1 is 1.06 bits per heavy atom. The second-order valence-corrected chi connectivity index (χ2v) is 11.6. The minimum absolute atomic E-state index is 0.0133. The van der Waals surface area contributed by atoms with Crippen LogP contribution >= 0.6 is 11.3 Å². The minimum Gasteiger partial charge on any atom is -0.503 e. The van der Waals surface area contributed by atoms with Gasteiger partial charge in [0.25, 0.3) is 5.91 Å². The Balaban J connectivity index is 1.83. The van der Waals surface area contributed by atoms with E-state index in [0.29, 0.717) is 22.0 Å². The van der Waals surface area contributed by atoms with Crippen molar-refractivity contribution in [1.82, 2.24) is 4.98 Å². The summed E-state index contributed by atoms with van der Waals surface area (Å²) in [6.45, 7) is 13.9. The fourth-order valence-corrected chi connectivity index (χ4v) is 5.28. The summed E-state index contributed by atoms with van der Waals surface area (Å²) in [5, 5.41) is 11.8.